The molecule has 1 amide bonds. The molecule has 0 heterocycles. The van der Waals surface area contributed by atoms with Crippen LogP contribution in [-0.2, 0) is 11.2 Å². The molecule has 1 aromatic carbocycles. The van der Waals surface area contributed by atoms with Gasteiger partial charge in [-0.25, -0.2) is 0 Å². The van der Waals surface area contributed by atoms with E-state index in [2.05, 4.69) is 5.32 Å². The summed E-state index contributed by atoms with van der Waals surface area (Å²) in [4.78, 5) is 11.3. The first-order valence-corrected chi connectivity index (χ1v) is 5.27. The van der Waals surface area contributed by atoms with Crippen molar-refractivity contribution < 1.29 is 9.90 Å². The highest BCUT2D eigenvalue weighted by molar-refractivity contribution is 5.76. The third kappa shape index (κ3) is 1.88. The Hall–Kier alpha value is -1.35. The molecule has 0 fully saturated rings. The van der Waals surface area contributed by atoms with Gasteiger partial charge in [0.05, 0.1) is 12.1 Å². The summed E-state index contributed by atoms with van der Waals surface area (Å²) in [6, 6.07) is 7.62. The lowest BCUT2D eigenvalue weighted by Gasteiger charge is -2.17. The Morgan fingerprint density at radius 3 is 3.00 bits per heavy atom. The van der Waals surface area contributed by atoms with E-state index in [0.717, 1.165) is 11.1 Å². The molecule has 2 atom stereocenters. The van der Waals surface area contributed by atoms with Gasteiger partial charge < -0.3 is 10.4 Å². The van der Waals surface area contributed by atoms with E-state index in [1.54, 1.807) is 0 Å². The maximum atomic E-state index is 11.3. The third-order valence-corrected chi connectivity index (χ3v) is 2.84. The van der Waals surface area contributed by atoms with Crippen molar-refractivity contribution in [3.63, 3.8) is 0 Å². The molecule has 0 aromatic heterocycles. The predicted octanol–water partition coefficient (Wildman–Crippen LogP) is 1.17. The van der Waals surface area contributed by atoms with Crippen molar-refractivity contribution in [2.75, 3.05) is 0 Å². The van der Waals surface area contributed by atoms with Gasteiger partial charge in [0.2, 0.25) is 5.91 Å². The molecule has 0 spiro atoms. The molecule has 1 aromatic rings. The molecule has 0 saturated heterocycles. The van der Waals surface area contributed by atoms with Gasteiger partial charge in [-0.3, -0.25) is 4.79 Å². The fraction of sp³-hybridized carbons (Fsp3) is 0.417. The second-order valence-corrected chi connectivity index (χ2v) is 3.87. The van der Waals surface area contributed by atoms with E-state index < -0.39 is 6.10 Å². The fourth-order valence-corrected chi connectivity index (χ4v) is 2.02. The summed E-state index contributed by atoms with van der Waals surface area (Å²) in [6.07, 6.45) is 0.592. The van der Waals surface area contributed by atoms with Crippen molar-refractivity contribution in [1.82, 2.24) is 5.32 Å². The number of hydrogen-bond donors (Lipinski definition) is 2. The Morgan fingerprint density at radius 2 is 2.27 bits per heavy atom. The number of aliphatic hydroxyl groups excluding tert-OH is 1. The topological polar surface area (TPSA) is 49.3 Å². The van der Waals surface area contributed by atoms with Crippen molar-refractivity contribution in [3.8, 4) is 0 Å². The van der Waals surface area contributed by atoms with Crippen LogP contribution in [0.3, 0.4) is 0 Å². The van der Waals surface area contributed by atoms with Crippen molar-refractivity contribution in [2.24, 2.45) is 0 Å². The summed E-state index contributed by atoms with van der Waals surface area (Å²) < 4.78 is 0. The Balaban J connectivity index is 2.22. The van der Waals surface area contributed by atoms with Gasteiger partial charge >= 0.3 is 0 Å². The van der Waals surface area contributed by atoms with E-state index >= 15 is 0 Å². The molecule has 0 unspecified atom stereocenters. The monoisotopic (exact) mass is 205 g/mol. The number of aliphatic hydroxyl groups is 1. The quantitative estimate of drug-likeness (QED) is 0.761. The highest BCUT2D eigenvalue weighted by Gasteiger charge is 2.31. The Morgan fingerprint density at radius 1 is 1.53 bits per heavy atom. The Kier molecular flexibility index (Phi) is 2.73. The average molecular weight is 205 g/mol. The lowest BCUT2D eigenvalue weighted by molar-refractivity contribution is -0.122. The molecule has 0 radical (unpaired) electrons. The summed E-state index contributed by atoms with van der Waals surface area (Å²) in [6.45, 7) is 1.81. The minimum atomic E-state index is -0.488. The van der Waals surface area contributed by atoms with Crippen molar-refractivity contribution in [3.05, 3.63) is 35.4 Å². The van der Waals surface area contributed by atoms with Crippen molar-refractivity contribution >= 4 is 5.91 Å². The molecule has 2 rings (SSSR count). The van der Waals surface area contributed by atoms with Crippen LogP contribution >= 0.6 is 0 Å². The molecular weight excluding hydrogens is 190 g/mol. The van der Waals surface area contributed by atoms with Crippen LogP contribution in [-0.4, -0.2) is 17.1 Å². The summed E-state index contributed by atoms with van der Waals surface area (Å²) >= 11 is 0. The van der Waals surface area contributed by atoms with E-state index in [9.17, 15) is 9.90 Å². The molecule has 2 N–H and O–H groups in total. The first kappa shape index (κ1) is 10.2. The van der Waals surface area contributed by atoms with Gasteiger partial charge in [0.25, 0.3) is 0 Å². The van der Waals surface area contributed by atoms with Gasteiger partial charge in [0, 0.05) is 12.8 Å². The van der Waals surface area contributed by atoms with Gasteiger partial charge in [-0.2, -0.15) is 0 Å². The van der Waals surface area contributed by atoms with E-state index in [1.807, 2.05) is 31.2 Å². The highest BCUT2D eigenvalue weighted by atomic mass is 16.3. The molecule has 1 aliphatic carbocycles. The summed E-state index contributed by atoms with van der Waals surface area (Å²) in [5, 5.41) is 12.7. The SMILES string of the molecule is CCC(=O)N[C@H]1c2ccccc2C[C@H]1O. The molecule has 15 heavy (non-hydrogen) atoms. The number of nitrogens with one attached hydrogen (secondary N) is 1. The number of carbonyl (C=O) groups is 1. The van der Waals surface area contributed by atoms with Crippen LogP contribution in [0.2, 0.25) is 0 Å². The number of hydrogen-bond acceptors (Lipinski definition) is 2. The van der Waals surface area contributed by atoms with E-state index in [4.69, 9.17) is 0 Å². The van der Waals surface area contributed by atoms with Crippen LogP contribution in [0.5, 0.6) is 0 Å². The van der Waals surface area contributed by atoms with Crippen LogP contribution in [0, 0.1) is 0 Å². The predicted molar refractivity (Wildman–Crippen MR) is 57.3 cm³/mol. The van der Waals surface area contributed by atoms with Gasteiger partial charge in [-0.1, -0.05) is 31.2 Å². The second kappa shape index (κ2) is 4.03. The number of carbonyl (C=O) groups excluding carboxylic acids is 1. The largest absolute Gasteiger partial charge is 0.390 e. The van der Waals surface area contributed by atoms with Gasteiger partial charge in [-0.15, -0.1) is 0 Å². The zero-order valence-electron chi connectivity index (χ0n) is 8.73. The molecule has 1 aliphatic rings. The normalized spacial score (nSPS) is 23.6. The van der Waals surface area contributed by atoms with Crippen LogP contribution in [0.4, 0.5) is 0 Å². The minimum Gasteiger partial charge on any atom is -0.390 e. The maximum absolute atomic E-state index is 11.3. The fourth-order valence-electron chi connectivity index (χ4n) is 2.02. The first-order chi connectivity index (χ1) is 7.22. The summed E-state index contributed by atoms with van der Waals surface area (Å²) in [5.41, 5.74) is 2.18. The molecule has 3 heteroatoms. The lowest BCUT2D eigenvalue weighted by atomic mass is 10.1. The maximum Gasteiger partial charge on any atom is 0.220 e. The van der Waals surface area contributed by atoms with Crippen LogP contribution < -0.4 is 5.32 Å². The molecule has 0 bridgehead atoms. The van der Waals surface area contributed by atoms with E-state index in [-0.39, 0.29) is 11.9 Å². The van der Waals surface area contributed by atoms with E-state index in [1.165, 1.54) is 0 Å². The van der Waals surface area contributed by atoms with Gasteiger partial charge in [0.15, 0.2) is 0 Å². The number of fused-ring (bicyclic) bond motifs is 1. The number of benzene rings is 1. The van der Waals surface area contributed by atoms with Crippen LogP contribution in [0.15, 0.2) is 24.3 Å². The van der Waals surface area contributed by atoms with Crippen LogP contribution in [0.25, 0.3) is 0 Å². The number of rotatable bonds is 2. The number of amides is 1. The molecular formula is C12H15NO2. The average Bonchev–Trinajstić information content (AvgIpc) is 2.55. The third-order valence-electron chi connectivity index (χ3n) is 2.84. The standard InChI is InChI=1S/C12H15NO2/c1-2-11(15)13-12-9-6-4-3-5-8(9)7-10(12)14/h3-6,10,12,14H,2,7H2,1H3,(H,13,15)/t10-,12+/m1/s1. The Bertz CT molecular complexity index is 376. The Labute approximate surface area is 89.1 Å². The smallest absolute Gasteiger partial charge is 0.220 e. The second-order valence-electron chi connectivity index (χ2n) is 3.87. The van der Waals surface area contributed by atoms with Gasteiger partial charge in [-0.05, 0) is 11.1 Å². The molecule has 80 valence electrons. The highest BCUT2D eigenvalue weighted by Crippen LogP contribution is 2.31. The molecule has 3 nitrogen and oxygen atoms in total. The molecule has 0 saturated carbocycles. The zero-order chi connectivity index (χ0) is 10.8. The lowest BCUT2D eigenvalue weighted by Crippen LogP contribution is -2.33. The minimum absolute atomic E-state index is 0.0178. The first-order valence-electron chi connectivity index (χ1n) is 5.27. The molecule has 0 aliphatic heterocycles. The van der Waals surface area contributed by atoms with Crippen LogP contribution in [0.1, 0.15) is 30.5 Å². The summed E-state index contributed by atoms with van der Waals surface area (Å²) in [5.74, 6) is -0.0178. The van der Waals surface area contributed by atoms with Crippen molar-refractivity contribution in [2.45, 2.75) is 31.9 Å². The van der Waals surface area contributed by atoms with Crippen molar-refractivity contribution in [1.29, 1.82) is 0 Å². The van der Waals surface area contributed by atoms with E-state index in [0.29, 0.717) is 12.8 Å². The zero-order valence-corrected chi connectivity index (χ0v) is 8.73. The van der Waals surface area contributed by atoms with Gasteiger partial charge in [0.1, 0.15) is 0 Å². The summed E-state index contributed by atoms with van der Waals surface area (Å²) in [7, 11) is 0.